The molecule has 82 valence electrons. The van der Waals surface area contributed by atoms with Crippen molar-refractivity contribution in [2.75, 3.05) is 0 Å². The van der Waals surface area contributed by atoms with Crippen LogP contribution in [0, 0.1) is 0 Å². The van der Waals surface area contributed by atoms with Crippen molar-refractivity contribution in [3.63, 3.8) is 0 Å². The topological polar surface area (TPSA) is 88.0 Å². The minimum atomic E-state index is -1.18. The highest BCUT2D eigenvalue weighted by molar-refractivity contribution is 5.86. The molecule has 0 bridgehead atoms. The Labute approximate surface area is 90.2 Å². The molecule has 0 atom stereocenters. The van der Waals surface area contributed by atoms with Crippen LogP contribution in [0.2, 0.25) is 0 Å². The van der Waals surface area contributed by atoms with Crippen LogP contribution in [0.4, 0.5) is 0 Å². The fraction of sp³-hybridized carbons (Fsp3) is 0.100. The number of carboxylic acid groups (broad SMARTS) is 1. The summed E-state index contributed by atoms with van der Waals surface area (Å²) in [5, 5.41) is 8.78. The fourth-order valence-electron chi connectivity index (χ4n) is 1.38. The summed E-state index contributed by atoms with van der Waals surface area (Å²) >= 11 is 0. The first-order valence-corrected chi connectivity index (χ1v) is 4.53. The first-order chi connectivity index (χ1) is 7.56. The maximum atomic E-state index is 11.2. The number of carboxylic acids is 1. The molecule has 0 amide bonds. The predicted octanol–water partition coefficient (Wildman–Crippen LogP) is 0.474. The van der Waals surface area contributed by atoms with E-state index in [4.69, 9.17) is 5.11 Å². The van der Waals surface area contributed by atoms with Gasteiger partial charge in [0.25, 0.3) is 0 Å². The van der Waals surface area contributed by atoms with Crippen LogP contribution < -0.4 is 5.69 Å². The van der Waals surface area contributed by atoms with Gasteiger partial charge in [-0.1, -0.05) is 0 Å². The molecule has 2 aromatic rings. The van der Waals surface area contributed by atoms with Crippen LogP contribution in [0.25, 0.3) is 11.3 Å². The molecule has 2 heterocycles. The number of hydrogen-bond acceptors (Lipinski definition) is 3. The Morgan fingerprint density at radius 1 is 1.56 bits per heavy atom. The first kappa shape index (κ1) is 10.2. The van der Waals surface area contributed by atoms with Crippen LogP contribution in [0.1, 0.15) is 10.5 Å². The second kappa shape index (κ2) is 3.65. The van der Waals surface area contributed by atoms with Crippen LogP contribution in [-0.4, -0.2) is 25.6 Å². The monoisotopic (exact) mass is 219 g/mol. The number of aromatic carboxylic acids is 1. The number of hydrogen-bond donors (Lipinski definition) is 2. The molecule has 0 saturated carbocycles. The van der Waals surface area contributed by atoms with Gasteiger partial charge in [-0.2, -0.15) is 4.98 Å². The van der Waals surface area contributed by atoms with Crippen molar-refractivity contribution in [1.29, 1.82) is 0 Å². The summed E-state index contributed by atoms with van der Waals surface area (Å²) < 4.78 is 1.79. The average Bonchev–Trinajstić information content (AvgIpc) is 2.64. The normalized spacial score (nSPS) is 10.3. The van der Waals surface area contributed by atoms with Crippen molar-refractivity contribution in [2.24, 2.45) is 7.05 Å². The van der Waals surface area contributed by atoms with Crippen LogP contribution in [0.5, 0.6) is 0 Å². The summed E-state index contributed by atoms with van der Waals surface area (Å²) in [6.07, 6.45) is 3.55. The second-order valence-electron chi connectivity index (χ2n) is 3.36. The SMILES string of the molecule is Cn1ccc(-c2cc(C(=O)O)[nH]c(=O)n2)c1. The van der Waals surface area contributed by atoms with Gasteiger partial charge in [0.1, 0.15) is 5.69 Å². The number of aryl methyl sites for hydroxylation is 1. The van der Waals surface area contributed by atoms with E-state index < -0.39 is 11.7 Å². The lowest BCUT2D eigenvalue weighted by atomic mass is 10.2. The Morgan fingerprint density at radius 3 is 2.88 bits per heavy atom. The lowest BCUT2D eigenvalue weighted by Gasteiger charge is -1.98. The van der Waals surface area contributed by atoms with Gasteiger partial charge in [0.2, 0.25) is 0 Å². The van der Waals surface area contributed by atoms with Crippen molar-refractivity contribution in [3.8, 4) is 11.3 Å². The van der Waals surface area contributed by atoms with Crippen molar-refractivity contribution in [3.05, 3.63) is 40.7 Å². The highest BCUT2D eigenvalue weighted by Crippen LogP contribution is 2.15. The maximum Gasteiger partial charge on any atom is 0.352 e. The highest BCUT2D eigenvalue weighted by Gasteiger charge is 2.09. The number of aromatic nitrogens is 3. The molecule has 0 aromatic carbocycles. The molecule has 0 spiro atoms. The molecule has 2 N–H and O–H groups in total. The Morgan fingerprint density at radius 2 is 2.31 bits per heavy atom. The summed E-state index contributed by atoms with van der Waals surface area (Å²) in [7, 11) is 1.83. The first-order valence-electron chi connectivity index (χ1n) is 4.53. The molecule has 0 aliphatic rings. The molecule has 6 nitrogen and oxygen atoms in total. The number of H-pyrrole nitrogens is 1. The maximum absolute atomic E-state index is 11.2. The van der Waals surface area contributed by atoms with E-state index in [0.717, 1.165) is 0 Å². The Kier molecular flexibility index (Phi) is 2.32. The van der Waals surface area contributed by atoms with E-state index >= 15 is 0 Å². The Balaban J connectivity index is 2.57. The largest absolute Gasteiger partial charge is 0.477 e. The predicted molar refractivity (Wildman–Crippen MR) is 56.2 cm³/mol. The summed E-state index contributed by atoms with van der Waals surface area (Å²) in [6, 6.07) is 3.09. The zero-order valence-electron chi connectivity index (χ0n) is 8.47. The molecule has 0 unspecified atom stereocenters. The molecule has 0 saturated heterocycles. The van der Waals surface area contributed by atoms with E-state index in [1.807, 2.05) is 7.05 Å². The lowest BCUT2D eigenvalue weighted by molar-refractivity contribution is 0.0690. The quantitative estimate of drug-likeness (QED) is 0.768. The van der Waals surface area contributed by atoms with Crippen molar-refractivity contribution in [2.45, 2.75) is 0 Å². The van der Waals surface area contributed by atoms with Gasteiger partial charge in [0.15, 0.2) is 0 Å². The summed E-state index contributed by atoms with van der Waals surface area (Å²) in [5.41, 5.74) is 0.218. The summed E-state index contributed by atoms with van der Waals surface area (Å²) in [6.45, 7) is 0. The van der Waals surface area contributed by atoms with Crippen LogP contribution in [0.15, 0.2) is 29.3 Å². The smallest absolute Gasteiger partial charge is 0.352 e. The minimum absolute atomic E-state index is 0.168. The molecule has 0 aliphatic carbocycles. The number of carbonyl (C=O) groups is 1. The van der Waals surface area contributed by atoms with E-state index in [1.54, 1.807) is 23.0 Å². The van der Waals surface area contributed by atoms with E-state index in [9.17, 15) is 9.59 Å². The number of aromatic amines is 1. The molecule has 2 rings (SSSR count). The molecule has 16 heavy (non-hydrogen) atoms. The van der Waals surface area contributed by atoms with E-state index in [-0.39, 0.29) is 5.69 Å². The molecule has 2 aromatic heterocycles. The van der Waals surface area contributed by atoms with Crippen LogP contribution >= 0.6 is 0 Å². The third kappa shape index (κ3) is 1.85. The van der Waals surface area contributed by atoms with Crippen molar-refractivity contribution >= 4 is 5.97 Å². The summed E-state index contributed by atoms with van der Waals surface area (Å²) in [5.74, 6) is -1.18. The standard InChI is InChI=1S/C10H9N3O3/c1-13-3-2-6(5-13)7-4-8(9(14)15)12-10(16)11-7/h2-5H,1H3,(H,14,15)(H,11,12,16). The third-order valence-corrected chi connectivity index (χ3v) is 2.10. The molecule has 0 fully saturated rings. The van der Waals surface area contributed by atoms with Gasteiger partial charge in [-0.3, -0.25) is 4.98 Å². The zero-order chi connectivity index (χ0) is 11.7. The van der Waals surface area contributed by atoms with Gasteiger partial charge in [0, 0.05) is 25.0 Å². The molecule has 0 radical (unpaired) electrons. The second-order valence-corrected chi connectivity index (χ2v) is 3.36. The highest BCUT2D eigenvalue weighted by atomic mass is 16.4. The van der Waals surface area contributed by atoms with Gasteiger partial charge in [0.05, 0.1) is 5.69 Å². The van der Waals surface area contributed by atoms with Gasteiger partial charge in [-0.25, -0.2) is 9.59 Å². The van der Waals surface area contributed by atoms with Crippen molar-refractivity contribution in [1.82, 2.24) is 14.5 Å². The zero-order valence-corrected chi connectivity index (χ0v) is 8.47. The van der Waals surface area contributed by atoms with E-state index in [1.165, 1.54) is 6.07 Å². The van der Waals surface area contributed by atoms with E-state index in [2.05, 4.69) is 9.97 Å². The average molecular weight is 219 g/mol. The summed E-state index contributed by atoms with van der Waals surface area (Å²) in [4.78, 5) is 27.8. The fourth-order valence-corrected chi connectivity index (χ4v) is 1.38. The van der Waals surface area contributed by atoms with Gasteiger partial charge in [-0.05, 0) is 12.1 Å². The van der Waals surface area contributed by atoms with Gasteiger partial charge in [-0.15, -0.1) is 0 Å². The third-order valence-electron chi connectivity index (χ3n) is 2.10. The van der Waals surface area contributed by atoms with Crippen LogP contribution in [0.3, 0.4) is 0 Å². The van der Waals surface area contributed by atoms with Crippen molar-refractivity contribution < 1.29 is 9.90 Å². The molecule has 6 heteroatoms. The number of nitrogens with zero attached hydrogens (tertiary/aromatic N) is 2. The molecular weight excluding hydrogens is 210 g/mol. The van der Waals surface area contributed by atoms with Gasteiger partial charge >= 0.3 is 11.7 Å². The lowest BCUT2D eigenvalue weighted by Crippen LogP contribution is -2.16. The Bertz CT molecular complexity index is 597. The number of rotatable bonds is 2. The van der Waals surface area contributed by atoms with Crippen LogP contribution in [-0.2, 0) is 7.05 Å². The Hall–Kier alpha value is -2.37. The minimum Gasteiger partial charge on any atom is -0.477 e. The molecular formula is C10H9N3O3. The van der Waals surface area contributed by atoms with E-state index in [0.29, 0.717) is 11.3 Å². The van der Waals surface area contributed by atoms with Gasteiger partial charge < -0.3 is 9.67 Å². The molecule has 0 aliphatic heterocycles. The number of nitrogens with one attached hydrogen (secondary N) is 1.